The van der Waals surface area contributed by atoms with Gasteiger partial charge in [-0.1, -0.05) is 30.0 Å². The van der Waals surface area contributed by atoms with Crippen molar-refractivity contribution in [3.05, 3.63) is 65.7 Å². The molecule has 9 nitrogen and oxygen atoms in total. The van der Waals surface area contributed by atoms with Gasteiger partial charge in [-0.25, -0.2) is 0 Å². The zero-order valence-electron chi connectivity index (χ0n) is 19.1. The summed E-state index contributed by atoms with van der Waals surface area (Å²) in [5.74, 6) is 0.0578. The van der Waals surface area contributed by atoms with Crippen LogP contribution in [0.3, 0.4) is 0 Å². The Hall–Kier alpha value is -3.76. The highest BCUT2D eigenvalue weighted by atomic mass is 32.1. The zero-order chi connectivity index (χ0) is 24.1. The number of carbonyl (C=O) groups is 2. The molecule has 10 heteroatoms. The predicted molar refractivity (Wildman–Crippen MR) is 135 cm³/mol. The molecule has 0 aliphatic carbocycles. The highest BCUT2D eigenvalue weighted by Crippen LogP contribution is 2.33. The normalized spacial score (nSPS) is 13.9. The second kappa shape index (κ2) is 10.4. The summed E-state index contributed by atoms with van der Waals surface area (Å²) in [7, 11) is 3.75. The molecule has 2 heterocycles. The van der Waals surface area contributed by atoms with Crippen LogP contribution in [0.25, 0.3) is 0 Å². The molecule has 3 aromatic rings. The lowest BCUT2D eigenvalue weighted by Crippen LogP contribution is -2.44. The van der Waals surface area contributed by atoms with Crippen LogP contribution < -0.4 is 20.3 Å². The first-order valence-corrected chi connectivity index (χ1v) is 11.6. The molecular weight excluding hydrogens is 452 g/mol. The standard InChI is InChI=1S/C24H26N6O3S/c1-4-21(31)25-17-7-5-6-16(14-17)22(32)23-27-28-24(34-23)26-19-9-8-18(15-20(19)33-3)30-12-10-29(2)11-13-30/h4-9,14-15H,1,10-13H2,2-3H3,(H,25,31)(H,26,28). The monoisotopic (exact) mass is 478 g/mol. The Labute approximate surface area is 202 Å². The van der Waals surface area contributed by atoms with Crippen LogP contribution in [0.1, 0.15) is 15.4 Å². The van der Waals surface area contributed by atoms with Gasteiger partial charge in [0.2, 0.25) is 16.8 Å². The van der Waals surface area contributed by atoms with Crippen LogP contribution in [0.4, 0.5) is 22.2 Å². The average molecular weight is 479 g/mol. The molecule has 1 saturated heterocycles. The summed E-state index contributed by atoms with van der Waals surface area (Å²) in [4.78, 5) is 29.1. The van der Waals surface area contributed by atoms with Gasteiger partial charge in [-0.15, -0.1) is 10.2 Å². The van der Waals surface area contributed by atoms with Gasteiger partial charge in [0.15, 0.2) is 5.01 Å². The van der Waals surface area contributed by atoms with Gasteiger partial charge in [0.25, 0.3) is 0 Å². The number of benzene rings is 2. The first-order chi connectivity index (χ1) is 16.5. The maximum absolute atomic E-state index is 12.9. The number of rotatable bonds is 8. The summed E-state index contributed by atoms with van der Waals surface area (Å²) >= 11 is 1.15. The largest absolute Gasteiger partial charge is 0.494 e. The molecule has 2 N–H and O–H groups in total. The van der Waals surface area contributed by atoms with Crippen molar-refractivity contribution < 1.29 is 14.3 Å². The maximum atomic E-state index is 12.9. The second-order valence-corrected chi connectivity index (χ2v) is 8.79. The number of methoxy groups -OCH3 is 1. The molecule has 0 radical (unpaired) electrons. The maximum Gasteiger partial charge on any atom is 0.247 e. The third kappa shape index (κ3) is 5.41. The topological polar surface area (TPSA) is 99.7 Å². The van der Waals surface area contributed by atoms with Crippen molar-refractivity contribution in [1.82, 2.24) is 15.1 Å². The van der Waals surface area contributed by atoms with E-state index in [0.29, 0.717) is 22.1 Å². The molecule has 1 fully saturated rings. The lowest BCUT2D eigenvalue weighted by Gasteiger charge is -2.34. The predicted octanol–water partition coefficient (Wildman–Crippen LogP) is 3.40. The van der Waals surface area contributed by atoms with Crippen LogP contribution in [-0.4, -0.2) is 67.1 Å². The van der Waals surface area contributed by atoms with E-state index >= 15 is 0 Å². The number of nitrogens with one attached hydrogen (secondary N) is 2. The number of likely N-dealkylation sites (N-methyl/N-ethyl adjacent to an activating group) is 1. The molecule has 4 rings (SSSR count). The van der Waals surface area contributed by atoms with Crippen LogP contribution in [0.2, 0.25) is 0 Å². The van der Waals surface area contributed by atoms with E-state index in [1.54, 1.807) is 31.4 Å². The fourth-order valence-corrected chi connectivity index (χ4v) is 4.30. The highest BCUT2D eigenvalue weighted by molar-refractivity contribution is 7.17. The third-order valence-electron chi connectivity index (χ3n) is 5.49. The summed E-state index contributed by atoms with van der Waals surface area (Å²) < 4.78 is 5.60. The summed E-state index contributed by atoms with van der Waals surface area (Å²) in [6.45, 7) is 7.40. The van der Waals surface area contributed by atoms with Gasteiger partial charge in [0.1, 0.15) is 5.75 Å². The van der Waals surface area contributed by atoms with Gasteiger partial charge in [-0.2, -0.15) is 0 Å². The van der Waals surface area contributed by atoms with E-state index < -0.39 is 0 Å². The SMILES string of the molecule is C=CC(=O)Nc1cccc(C(=O)c2nnc(Nc3ccc(N4CCN(C)CC4)cc3OC)s2)c1. The van der Waals surface area contributed by atoms with E-state index in [2.05, 4.69) is 44.3 Å². The van der Waals surface area contributed by atoms with Crippen LogP contribution in [0.15, 0.2) is 55.1 Å². The highest BCUT2D eigenvalue weighted by Gasteiger charge is 2.18. The Morgan fingerprint density at radius 2 is 1.91 bits per heavy atom. The van der Waals surface area contributed by atoms with E-state index in [4.69, 9.17) is 4.74 Å². The fourth-order valence-electron chi connectivity index (χ4n) is 3.58. The molecule has 34 heavy (non-hydrogen) atoms. The van der Waals surface area contributed by atoms with Crippen molar-refractivity contribution in [3.63, 3.8) is 0 Å². The van der Waals surface area contributed by atoms with Crippen LogP contribution >= 0.6 is 11.3 Å². The molecule has 0 spiro atoms. The van der Waals surface area contributed by atoms with Gasteiger partial charge in [-0.05, 0) is 37.4 Å². The summed E-state index contributed by atoms with van der Waals surface area (Å²) in [5, 5.41) is 14.7. The molecule has 1 aliphatic rings. The lowest BCUT2D eigenvalue weighted by molar-refractivity contribution is -0.111. The number of piperazine rings is 1. The van der Waals surface area contributed by atoms with E-state index in [0.717, 1.165) is 48.9 Å². The minimum atomic E-state index is -0.348. The van der Waals surface area contributed by atoms with Crippen molar-refractivity contribution >= 4 is 45.2 Å². The van der Waals surface area contributed by atoms with Crippen molar-refractivity contribution in [3.8, 4) is 5.75 Å². The number of ketones is 1. The van der Waals surface area contributed by atoms with Crippen molar-refractivity contribution in [1.29, 1.82) is 0 Å². The minimum absolute atomic E-state index is 0.239. The Morgan fingerprint density at radius 3 is 2.65 bits per heavy atom. The molecule has 2 aromatic carbocycles. The Kier molecular flexibility index (Phi) is 7.19. The number of nitrogens with zero attached hydrogens (tertiary/aromatic N) is 4. The number of hydrogen-bond donors (Lipinski definition) is 2. The zero-order valence-corrected chi connectivity index (χ0v) is 19.9. The quantitative estimate of drug-likeness (QED) is 0.375. The minimum Gasteiger partial charge on any atom is -0.494 e. The van der Waals surface area contributed by atoms with E-state index in [9.17, 15) is 9.59 Å². The van der Waals surface area contributed by atoms with Crippen LogP contribution in [-0.2, 0) is 4.79 Å². The van der Waals surface area contributed by atoms with E-state index in [1.807, 2.05) is 18.2 Å². The van der Waals surface area contributed by atoms with E-state index in [-0.39, 0.29) is 16.7 Å². The van der Waals surface area contributed by atoms with Crippen molar-refractivity contribution in [2.75, 3.05) is 55.9 Å². The van der Waals surface area contributed by atoms with Gasteiger partial charge < -0.3 is 25.2 Å². The number of hydrogen-bond acceptors (Lipinski definition) is 9. The van der Waals surface area contributed by atoms with Crippen molar-refractivity contribution in [2.45, 2.75) is 0 Å². The van der Waals surface area contributed by atoms with Gasteiger partial charge in [0, 0.05) is 49.2 Å². The van der Waals surface area contributed by atoms with Gasteiger partial charge in [0.05, 0.1) is 12.8 Å². The molecule has 0 unspecified atom stereocenters. The van der Waals surface area contributed by atoms with Crippen molar-refractivity contribution in [2.24, 2.45) is 0 Å². The Bertz CT molecular complexity index is 1200. The molecule has 176 valence electrons. The van der Waals surface area contributed by atoms with Crippen LogP contribution in [0.5, 0.6) is 5.75 Å². The summed E-state index contributed by atoms with van der Waals surface area (Å²) in [6.07, 6.45) is 1.17. The number of carbonyl (C=O) groups excluding carboxylic acids is 2. The Balaban J connectivity index is 1.47. The molecule has 0 atom stereocenters. The number of anilines is 4. The average Bonchev–Trinajstić information content (AvgIpc) is 3.33. The number of ether oxygens (including phenoxy) is 1. The molecule has 0 saturated carbocycles. The second-order valence-electron chi connectivity index (χ2n) is 7.82. The smallest absolute Gasteiger partial charge is 0.247 e. The Morgan fingerprint density at radius 1 is 1.12 bits per heavy atom. The number of amides is 1. The lowest BCUT2D eigenvalue weighted by atomic mass is 10.1. The first kappa shape index (κ1) is 23.4. The summed E-state index contributed by atoms with van der Waals surface area (Å²) in [6, 6.07) is 12.7. The molecule has 0 bridgehead atoms. The van der Waals surface area contributed by atoms with Gasteiger partial charge in [-0.3, -0.25) is 9.59 Å². The van der Waals surface area contributed by atoms with E-state index in [1.165, 1.54) is 6.08 Å². The molecule has 1 aromatic heterocycles. The first-order valence-electron chi connectivity index (χ1n) is 10.8. The molecular formula is C24H26N6O3S. The molecule has 1 amide bonds. The molecule has 1 aliphatic heterocycles. The third-order valence-corrected chi connectivity index (χ3v) is 6.33. The van der Waals surface area contributed by atoms with Gasteiger partial charge >= 0.3 is 0 Å². The number of aromatic nitrogens is 2. The fraction of sp³-hybridized carbons (Fsp3) is 0.250. The summed E-state index contributed by atoms with van der Waals surface area (Å²) in [5.41, 5.74) is 2.75. The van der Waals surface area contributed by atoms with Crippen LogP contribution in [0, 0.1) is 0 Å².